The first-order valence-electron chi connectivity index (χ1n) is 9.13. The molecule has 0 aliphatic heterocycles. The topological polar surface area (TPSA) is 63.6 Å². The summed E-state index contributed by atoms with van der Waals surface area (Å²) in [6.45, 7) is 7.79. The Morgan fingerprint density at radius 2 is 0.931 bits per heavy atom. The Balaban J connectivity index is 4.69. The number of esters is 1. The third-order valence-electron chi connectivity index (χ3n) is 3.44. The fourth-order valence-corrected chi connectivity index (χ4v) is 1.83. The van der Waals surface area contributed by atoms with Gasteiger partial charge in [0.15, 0.2) is 0 Å². The molecule has 0 amide bonds. The molecule has 0 spiro atoms. The van der Waals surface area contributed by atoms with E-state index in [4.69, 9.17) is 5.11 Å². The van der Waals surface area contributed by atoms with Gasteiger partial charge in [-0.2, -0.15) is 0 Å². The number of ether oxygens (including phenoxy) is 1. The molecule has 0 rings (SSSR count). The molecule has 0 heterocycles. The van der Waals surface area contributed by atoms with Crippen LogP contribution in [0.4, 0.5) is 0 Å². The number of carbonyl (C=O) groups excluding carboxylic acids is 1. The standard InChI is InChI=1S/C25H30O4/c1-20(12-7-13-22(3)16-9-17-25(28)29-5)10-6-11-21(2)14-8-15-23(4)18-19-24(26)27/h6-19H,1-5H3,(H,26,27)/b10-6-,13-7+,14-8-,17-9+,19-18-,20-12+,21-11+,22-16+,23-15-. The van der Waals surface area contributed by atoms with Crippen molar-refractivity contribution in [2.45, 2.75) is 27.7 Å². The van der Waals surface area contributed by atoms with E-state index >= 15 is 0 Å². The van der Waals surface area contributed by atoms with Crippen molar-refractivity contribution in [2.75, 3.05) is 7.11 Å². The Kier molecular flexibility index (Phi) is 13.8. The molecular weight excluding hydrogens is 364 g/mol. The SMILES string of the molecule is COC(=O)/C=C/C=C(C)/C=C/C=C(C)/C=C\C=C(C)\C=C/C=C(C)\C=C/C(=O)O. The van der Waals surface area contributed by atoms with Gasteiger partial charge in [0, 0.05) is 12.2 Å². The molecule has 0 unspecified atom stereocenters. The molecule has 0 bridgehead atoms. The summed E-state index contributed by atoms with van der Waals surface area (Å²) in [7, 11) is 1.35. The van der Waals surface area contributed by atoms with E-state index in [0.717, 1.165) is 28.4 Å². The van der Waals surface area contributed by atoms with Gasteiger partial charge in [-0.25, -0.2) is 9.59 Å². The highest BCUT2D eigenvalue weighted by Crippen LogP contribution is 2.03. The molecule has 0 radical (unpaired) electrons. The van der Waals surface area contributed by atoms with Crippen LogP contribution >= 0.6 is 0 Å². The smallest absolute Gasteiger partial charge is 0.330 e. The maximum Gasteiger partial charge on any atom is 0.330 e. The summed E-state index contributed by atoms with van der Waals surface area (Å²) in [5.41, 5.74) is 4.05. The summed E-state index contributed by atoms with van der Waals surface area (Å²) < 4.78 is 4.52. The molecule has 0 atom stereocenters. The van der Waals surface area contributed by atoms with Crippen LogP contribution in [-0.4, -0.2) is 24.2 Å². The van der Waals surface area contributed by atoms with Crippen molar-refractivity contribution in [3.05, 3.63) is 107 Å². The Bertz CT molecular complexity index is 823. The lowest BCUT2D eigenvalue weighted by atomic mass is 10.2. The van der Waals surface area contributed by atoms with E-state index in [1.807, 2.05) is 88.5 Å². The molecule has 0 saturated carbocycles. The lowest BCUT2D eigenvalue weighted by Crippen LogP contribution is -1.92. The quantitative estimate of drug-likeness (QED) is 0.288. The Morgan fingerprint density at radius 3 is 1.28 bits per heavy atom. The van der Waals surface area contributed by atoms with Crippen LogP contribution < -0.4 is 0 Å². The molecule has 29 heavy (non-hydrogen) atoms. The van der Waals surface area contributed by atoms with Crippen molar-refractivity contribution < 1.29 is 19.4 Å². The number of rotatable bonds is 10. The zero-order valence-electron chi connectivity index (χ0n) is 17.8. The van der Waals surface area contributed by atoms with Crippen LogP contribution in [0, 0.1) is 0 Å². The van der Waals surface area contributed by atoms with Gasteiger partial charge >= 0.3 is 11.9 Å². The van der Waals surface area contributed by atoms with Gasteiger partial charge in [-0.05, 0) is 27.7 Å². The number of allylic oxidation sites excluding steroid dienone is 16. The third-order valence-corrected chi connectivity index (χ3v) is 3.44. The number of methoxy groups -OCH3 is 1. The second kappa shape index (κ2) is 15.6. The summed E-state index contributed by atoms with van der Waals surface area (Å²) >= 11 is 0. The first-order valence-corrected chi connectivity index (χ1v) is 9.13. The van der Waals surface area contributed by atoms with Crippen LogP contribution in [0.25, 0.3) is 0 Å². The minimum absolute atomic E-state index is 0.377. The predicted octanol–water partition coefficient (Wildman–Crippen LogP) is 5.81. The van der Waals surface area contributed by atoms with Crippen molar-refractivity contribution in [1.82, 2.24) is 0 Å². The number of hydrogen-bond acceptors (Lipinski definition) is 3. The molecule has 154 valence electrons. The first kappa shape index (κ1) is 25.6. The van der Waals surface area contributed by atoms with Gasteiger partial charge in [-0.15, -0.1) is 0 Å². The van der Waals surface area contributed by atoms with E-state index in [9.17, 15) is 9.59 Å². The highest BCUT2D eigenvalue weighted by Gasteiger charge is 1.88. The molecule has 1 N–H and O–H groups in total. The number of aliphatic carboxylic acids is 1. The molecule has 0 aromatic heterocycles. The van der Waals surface area contributed by atoms with Gasteiger partial charge in [0.2, 0.25) is 0 Å². The van der Waals surface area contributed by atoms with Crippen molar-refractivity contribution in [3.8, 4) is 0 Å². The van der Waals surface area contributed by atoms with E-state index in [1.165, 1.54) is 13.2 Å². The fourth-order valence-electron chi connectivity index (χ4n) is 1.83. The van der Waals surface area contributed by atoms with Crippen LogP contribution in [0.1, 0.15) is 27.7 Å². The van der Waals surface area contributed by atoms with Crippen molar-refractivity contribution in [1.29, 1.82) is 0 Å². The lowest BCUT2D eigenvalue weighted by molar-refractivity contribution is -0.135. The zero-order valence-corrected chi connectivity index (χ0v) is 17.8. The largest absolute Gasteiger partial charge is 0.478 e. The van der Waals surface area contributed by atoms with Crippen molar-refractivity contribution >= 4 is 11.9 Å². The molecule has 0 aliphatic rings. The third kappa shape index (κ3) is 16.5. The molecule has 0 aromatic rings. The van der Waals surface area contributed by atoms with Crippen LogP contribution in [0.5, 0.6) is 0 Å². The molecule has 4 nitrogen and oxygen atoms in total. The van der Waals surface area contributed by atoms with Crippen LogP contribution in [0.15, 0.2) is 107 Å². The summed E-state index contributed by atoms with van der Waals surface area (Å²) in [6.07, 6.45) is 25.1. The van der Waals surface area contributed by atoms with E-state index < -0.39 is 5.97 Å². The monoisotopic (exact) mass is 394 g/mol. The minimum Gasteiger partial charge on any atom is -0.478 e. The van der Waals surface area contributed by atoms with E-state index in [0.29, 0.717) is 0 Å². The average Bonchev–Trinajstić information content (AvgIpc) is 2.66. The van der Waals surface area contributed by atoms with Gasteiger partial charge in [0.25, 0.3) is 0 Å². The Labute approximate surface area is 174 Å². The van der Waals surface area contributed by atoms with Gasteiger partial charge in [-0.1, -0.05) is 95.2 Å². The first-order chi connectivity index (χ1) is 13.7. The fraction of sp³-hybridized carbons (Fsp3) is 0.200. The maximum absolute atomic E-state index is 11.0. The Morgan fingerprint density at radius 1 is 0.586 bits per heavy atom. The van der Waals surface area contributed by atoms with E-state index in [1.54, 1.807) is 12.2 Å². The number of carboxylic acids is 1. The van der Waals surface area contributed by atoms with Gasteiger partial charge < -0.3 is 9.84 Å². The summed E-state index contributed by atoms with van der Waals surface area (Å²) in [5, 5.41) is 8.58. The molecule has 0 aliphatic carbocycles. The second-order valence-electron chi connectivity index (χ2n) is 6.27. The molecule has 0 aromatic carbocycles. The second-order valence-corrected chi connectivity index (χ2v) is 6.27. The van der Waals surface area contributed by atoms with Gasteiger partial charge in [0.05, 0.1) is 7.11 Å². The highest BCUT2D eigenvalue weighted by atomic mass is 16.5. The minimum atomic E-state index is -0.956. The lowest BCUT2D eigenvalue weighted by Gasteiger charge is -1.91. The molecule has 0 fully saturated rings. The van der Waals surface area contributed by atoms with Crippen LogP contribution in [0.2, 0.25) is 0 Å². The Hall–Kier alpha value is -3.40. The van der Waals surface area contributed by atoms with E-state index in [-0.39, 0.29) is 5.97 Å². The van der Waals surface area contributed by atoms with Crippen molar-refractivity contribution in [2.24, 2.45) is 0 Å². The predicted molar refractivity (Wildman–Crippen MR) is 120 cm³/mol. The van der Waals surface area contributed by atoms with Crippen molar-refractivity contribution in [3.63, 3.8) is 0 Å². The number of carbonyl (C=O) groups is 2. The van der Waals surface area contributed by atoms with Gasteiger partial charge in [0.1, 0.15) is 0 Å². The molecule has 4 heteroatoms. The zero-order chi connectivity index (χ0) is 22.1. The summed E-state index contributed by atoms with van der Waals surface area (Å²) in [5.74, 6) is -1.33. The average molecular weight is 395 g/mol. The van der Waals surface area contributed by atoms with Crippen LogP contribution in [0.3, 0.4) is 0 Å². The highest BCUT2D eigenvalue weighted by molar-refractivity contribution is 5.82. The molecule has 0 saturated heterocycles. The number of carboxylic acid groups (broad SMARTS) is 1. The molecular formula is C25H30O4. The van der Waals surface area contributed by atoms with Crippen LogP contribution in [-0.2, 0) is 14.3 Å². The number of hydrogen-bond donors (Lipinski definition) is 1. The normalized spacial score (nSPS) is 14.9. The maximum atomic E-state index is 11.0. The summed E-state index contributed by atoms with van der Waals surface area (Å²) in [6, 6.07) is 0. The summed E-state index contributed by atoms with van der Waals surface area (Å²) in [4.78, 5) is 21.4. The van der Waals surface area contributed by atoms with E-state index in [2.05, 4.69) is 4.74 Å². The van der Waals surface area contributed by atoms with Gasteiger partial charge in [-0.3, -0.25) is 0 Å².